The number of nitrogens with one attached hydrogen (secondary N) is 2. The van der Waals surface area contributed by atoms with E-state index in [0.717, 1.165) is 5.56 Å². The van der Waals surface area contributed by atoms with Gasteiger partial charge in [0.25, 0.3) is 0 Å². The molecule has 1 amide bonds. The summed E-state index contributed by atoms with van der Waals surface area (Å²) in [5, 5.41) is 14.8. The molecule has 1 aromatic rings. The van der Waals surface area contributed by atoms with E-state index >= 15 is 0 Å². The molecule has 3 atom stereocenters. The van der Waals surface area contributed by atoms with E-state index in [-0.39, 0.29) is 11.4 Å². The van der Waals surface area contributed by atoms with Gasteiger partial charge in [0.2, 0.25) is 0 Å². The zero-order valence-electron chi connectivity index (χ0n) is 13.4. The standard InChI is InChI=1S/C16H22N2O4S/c1-16(2,3)22-15(21)18-12(10-7-5-4-6-8-10)13-17-11(9-23-13)14(19)20/h4-8,11-13,17H,9H2,1-3H3,(H,18,21)(H,19,20)/t11-,12-,13-/m0/s1. The predicted octanol–water partition coefficient (Wildman–Crippen LogP) is 2.37. The molecule has 0 radical (unpaired) electrons. The van der Waals surface area contributed by atoms with Crippen LogP contribution in [-0.2, 0) is 9.53 Å². The monoisotopic (exact) mass is 338 g/mol. The Morgan fingerprint density at radius 3 is 2.52 bits per heavy atom. The van der Waals surface area contributed by atoms with Crippen molar-refractivity contribution in [3.05, 3.63) is 35.9 Å². The highest BCUT2D eigenvalue weighted by atomic mass is 32.2. The Labute approximate surface area is 140 Å². The third kappa shape index (κ3) is 5.14. The lowest BCUT2D eigenvalue weighted by Gasteiger charge is -2.27. The lowest BCUT2D eigenvalue weighted by molar-refractivity contribution is -0.138. The van der Waals surface area contributed by atoms with Crippen molar-refractivity contribution in [3.63, 3.8) is 0 Å². The summed E-state index contributed by atoms with van der Waals surface area (Å²) in [5.41, 5.74) is 0.305. The van der Waals surface area contributed by atoms with Crippen LogP contribution in [0.4, 0.5) is 4.79 Å². The van der Waals surface area contributed by atoms with E-state index < -0.39 is 23.7 Å². The zero-order valence-corrected chi connectivity index (χ0v) is 14.2. The van der Waals surface area contributed by atoms with Crippen LogP contribution in [0.25, 0.3) is 0 Å². The van der Waals surface area contributed by atoms with Gasteiger partial charge in [0.05, 0.1) is 11.4 Å². The van der Waals surface area contributed by atoms with E-state index in [9.17, 15) is 9.59 Å². The van der Waals surface area contributed by atoms with E-state index in [1.807, 2.05) is 30.3 Å². The smallest absolute Gasteiger partial charge is 0.408 e. The lowest BCUT2D eigenvalue weighted by Crippen LogP contribution is -2.45. The molecule has 6 nitrogen and oxygen atoms in total. The molecular weight excluding hydrogens is 316 g/mol. The minimum atomic E-state index is -0.885. The minimum Gasteiger partial charge on any atom is -0.480 e. The van der Waals surface area contributed by atoms with Crippen LogP contribution in [-0.4, -0.2) is 39.9 Å². The van der Waals surface area contributed by atoms with Crippen LogP contribution >= 0.6 is 11.8 Å². The maximum absolute atomic E-state index is 12.1. The number of ether oxygens (including phenoxy) is 1. The Morgan fingerprint density at radius 1 is 1.35 bits per heavy atom. The molecule has 1 saturated heterocycles. The highest BCUT2D eigenvalue weighted by Gasteiger charge is 2.36. The van der Waals surface area contributed by atoms with Crippen LogP contribution in [0.15, 0.2) is 30.3 Å². The summed E-state index contributed by atoms with van der Waals surface area (Å²) in [6.45, 7) is 5.40. The van der Waals surface area contributed by atoms with Crippen LogP contribution in [0.5, 0.6) is 0 Å². The van der Waals surface area contributed by atoms with Gasteiger partial charge in [-0.2, -0.15) is 0 Å². The molecule has 0 spiro atoms. The largest absolute Gasteiger partial charge is 0.480 e. The van der Waals surface area contributed by atoms with Gasteiger partial charge in [-0.1, -0.05) is 30.3 Å². The molecule has 126 valence electrons. The molecule has 1 aliphatic rings. The van der Waals surface area contributed by atoms with Crippen molar-refractivity contribution in [1.82, 2.24) is 10.6 Å². The maximum atomic E-state index is 12.1. The number of carbonyl (C=O) groups is 2. The fraction of sp³-hybridized carbons (Fsp3) is 0.500. The molecular formula is C16H22N2O4S. The molecule has 0 aromatic heterocycles. The van der Waals surface area contributed by atoms with Gasteiger partial charge < -0.3 is 15.2 Å². The SMILES string of the molecule is CC(C)(C)OC(=O)N[C@@H](c1ccccc1)[C@H]1N[C@H](C(=O)O)CS1. The molecule has 0 unspecified atom stereocenters. The second-order valence-corrected chi connectivity index (χ2v) is 7.52. The van der Waals surface area contributed by atoms with Gasteiger partial charge in [0, 0.05) is 5.75 Å². The van der Waals surface area contributed by atoms with Crippen molar-refractivity contribution in [2.24, 2.45) is 0 Å². The van der Waals surface area contributed by atoms with E-state index in [2.05, 4.69) is 10.6 Å². The number of rotatable bonds is 4. The molecule has 1 heterocycles. The first-order valence-electron chi connectivity index (χ1n) is 7.41. The van der Waals surface area contributed by atoms with Gasteiger partial charge in [-0.15, -0.1) is 11.8 Å². The van der Waals surface area contributed by atoms with Crippen LogP contribution in [0, 0.1) is 0 Å². The number of amides is 1. The number of hydrogen-bond acceptors (Lipinski definition) is 5. The van der Waals surface area contributed by atoms with E-state index in [0.29, 0.717) is 5.75 Å². The molecule has 1 fully saturated rings. The molecule has 1 aliphatic heterocycles. The predicted molar refractivity (Wildman–Crippen MR) is 89.4 cm³/mol. The fourth-order valence-electron chi connectivity index (χ4n) is 2.26. The van der Waals surface area contributed by atoms with Gasteiger partial charge >= 0.3 is 12.1 Å². The van der Waals surface area contributed by atoms with Crippen molar-refractivity contribution < 1.29 is 19.4 Å². The molecule has 1 aromatic carbocycles. The van der Waals surface area contributed by atoms with Gasteiger partial charge in [-0.3, -0.25) is 10.1 Å². The van der Waals surface area contributed by atoms with Gasteiger partial charge in [0.1, 0.15) is 11.6 Å². The molecule has 23 heavy (non-hydrogen) atoms. The van der Waals surface area contributed by atoms with Crippen LogP contribution < -0.4 is 10.6 Å². The van der Waals surface area contributed by atoms with Crippen LogP contribution in [0.2, 0.25) is 0 Å². The number of carbonyl (C=O) groups excluding carboxylic acids is 1. The minimum absolute atomic E-state index is 0.231. The normalized spacial score (nSPS) is 22.4. The first kappa shape index (κ1) is 17.6. The second kappa shape index (κ2) is 7.23. The average molecular weight is 338 g/mol. The number of hydrogen-bond donors (Lipinski definition) is 3. The Bertz CT molecular complexity index is 559. The van der Waals surface area contributed by atoms with E-state index in [4.69, 9.17) is 9.84 Å². The zero-order chi connectivity index (χ0) is 17.0. The topological polar surface area (TPSA) is 87.7 Å². The number of carboxylic acid groups (broad SMARTS) is 1. The summed E-state index contributed by atoms with van der Waals surface area (Å²) in [4.78, 5) is 23.3. The third-order valence-corrected chi connectivity index (χ3v) is 4.53. The molecule has 3 N–H and O–H groups in total. The van der Waals surface area contributed by atoms with Crippen LogP contribution in [0.1, 0.15) is 32.4 Å². The molecule has 2 rings (SSSR count). The molecule has 0 saturated carbocycles. The summed E-state index contributed by atoms with van der Waals surface area (Å²) < 4.78 is 5.32. The van der Waals surface area contributed by atoms with Gasteiger partial charge in [0.15, 0.2) is 0 Å². The Balaban J connectivity index is 2.14. The quantitative estimate of drug-likeness (QED) is 0.781. The van der Waals surface area contributed by atoms with Crippen molar-refractivity contribution in [2.75, 3.05) is 5.75 Å². The van der Waals surface area contributed by atoms with E-state index in [1.165, 1.54) is 11.8 Å². The van der Waals surface area contributed by atoms with Crippen molar-refractivity contribution in [2.45, 2.75) is 43.8 Å². The molecule has 0 aliphatic carbocycles. The van der Waals surface area contributed by atoms with Crippen molar-refractivity contribution in [3.8, 4) is 0 Å². The first-order valence-corrected chi connectivity index (χ1v) is 8.46. The number of thioether (sulfide) groups is 1. The third-order valence-electron chi connectivity index (χ3n) is 3.24. The summed E-state index contributed by atoms with van der Waals surface area (Å²) in [7, 11) is 0. The number of benzene rings is 1. The van der Waals surface area contributed by atoms with Crippen molar-refractivity contribution in [1.29, 1.82) is 0 Å². The maximum Gasteiger partial charge on any atom is 0.408 e. The Kier molecular flexibility index (Phi) is 5.54. The number of aliphatic carboxylic acids is 1. The van der Waals surface area contributed by atoms with Crippen LogP contribution in [0.3, 0.4) is 0 Å². The highest BCUT2D eigenvalue weighted by Crippen LogP contribution is 2.30. The summed E-state index contributed by atoms with van der Waals surface area (Å²) in [6.07, 6.45) is -0.521. The summed E-state index contributed by atoms with van der Waals surface area (Å²) in [5.74, 6) is -0.427. The van der Waals surface area contributed by atoms with Gasteiger partial charge in [-0.25, -0.2) is 4.79 Å². The second-order valence-electron chi connectivity index (χ2n) is 6.35. The highest BCUT2D eigenvalue weighted by molar-refractivity contribution is 8.00. The lowest BCUT2D eigenvalue weighted by atomic mass is 10.1. The Hall–Kier alpha value is -1.73. The number of carboxylic acids is 1. The van der Waals surface area contributed by atoms with E-state index in [1.54, 1.807) is 20.8 Å². The number of alkyl carbamates (subject to hydrolysis) is 1. The summed E-state index contributed by atoms with van der Waals surface area (Å²) >= 11 is 1.48. The first-order chi connectivity index (χ1) is 10.8. The van der Waals surface area contributed by atoms with Crippen molar-refractivity contribution >= 4 is 23.8 Å². The fourth-order valence-corrected chi connectivity index (χ4v) is 3.57. The Morgan fingerprint density at radius 2 is 2.00 bits per heavy atom. The van der Waals surface area contributed by atoms with Gasteiger partial charge in [-0.05, 0) is 26.3 Å². The molecule has 7 heteroatoms. The molecule has 0 bridgehead atoms. The summed E-state index contributed by atoms with van der Waals surface area (Å²) in [6, 6.07) is 8.47. The average Bonchev–Trinajstić information content (AvgIpc) is 2.93.